The fourth-order valence-electron chi connectivity index (χ4n) is 2.02. The van der Waals surface area contributed by atoms with Crippen molar-refractivity contribution in [3.05, 3.63) is 54.3 Å². The maximum atomic E-state index is 12.8. The summed E-state index contributed by atoms with van der Waals surface area (Å²) in [7, 11) is 0. The van der Waals surface area contributed by atoms with Crippen LogP contribution in [0.5, 0.6) is 11.5 Å². The number of ether oxygens (including phenoxy) is 2. The van der Waals surface area contributed by atoms with E-state index in [9.17, 15) is 9.18 Å². The Kier molecular flexibility index (Phi) is 8.12. The van der Waals surface area contributed by atoms with Gasteiger partial charge in [-0.3, -0.25) is 4.79 Å². The molecule has 2 aromatic rings. The van der Waals surface area contributed by atoms with E-state index in [-0.39, 0.29) is 18.3 Å². The Morgan fingerprint density at radius 3 is 2.32 bits per heavy atom. The molecule has 0 aliphatic heterocycles. The number of hydrogen-bond donors (Lipinski definition) is 1. The van der Waals surface area contributed by atoms with Crippen LogP contribution >= 0.6 is 11.8 Å². The minimum atomic E-state index is -0.232. The standard InChI is InChI=1S/C19H22FNO3S/c1-2-23-16-6-8-17(9-7-16)24-14-19(22)21-12-3-13-25-18-10-4-15(20)5-11-18/h4-11H,2-3,12-14H2,1H3,(H,21,22). The first-order chi connectivity index (χ1) is 12.2. The summed E-state index contributed by atoms with van der Waals surface area (Å²) in [5.41, 5.74) is 0. The van der Waals surface area contributed by atoms with Gasteiger partial charge >= 0.3 is 0 Å². The van der Waals surface area contributed by atoms with Crippen LogP contribution in [0.15, 0.2) is 53.4 Å². The lowest BCUT2D eigenvalue weighted by atomic mass is 10.3. The van der Waals surface area contributed by atoms with Gasteiger partial charge in [-0.2, -0.15) is 0 Å². The lowest BCUT2D eigenvalue weighted by molar-refractivity contribution is -0.123. The SMILES string of the molecule is CCOc1ccc(OCC(=O)NCCCSc2ccc(F)cc2)cc1. The zero-order chi connectivity index (χ0) is 17.9. The van der Waals surface area contributed by atoms with Crippen LogP contribution in [0, 0.1) is 5.82 Å². The molecule has 0 atom stereocenters. The van der Waals surface area contributed by atoms with Crippen molar-refractivity contribution in [2.45, 2.75) is 18.2 Å². The highest BCUT2D eigenvalue weighted by molar-refractivity contribution is 7.99. The van der Waals surface area contributed by atoms with Gasteiger partial charge in [0.2, 0.25) is 0 Å². The fourth-order valence-corrected chi connectivity index (χ4v) is 2.87. The van der Waals surface area contributed by atoms with Gasteiger partial charge in [-0.15, -0.1) is 11.8 Å². The van der Waals surface area contributed by atoms with E-state index in [1.165, 1.54) is 12.1 Å². The first-order valence-electron chi connectivity index (χ1n) is 8.18. The number of carbonyl (C=O) groups is 1. The van der Waals surface area contributed by atoms with Gasteiger partial charge in [-0.1, -0.05) is 0 Å². The number of benzene rings is 2. The minimum absolute atomic E-state index is 0.0148. The molecule has 2 aromatic carbocycles. The van der Waals surface area contributed by atoms with E-state index in [1.54, 1.807) is 36.0 Å². The second-order valence-corrected chi connectivity index (χ2v) is 6.37. The molecule has 134 valence electrons. The summed E-state index contributed by atoms with van der Waals surface area (Å²) in [4.78, 5) is 12.8. The molecular formula is C19H22FNO3S. The van der Waals surface area contributed by atoms with E-state index in [4.69, 9.17) is 9.47 Å². The van der Waals surface area contributed by atoms with Crippen LogP contribution in [-0.4, -0.2) is 31.4 Å². The molecule has 4 nitrogen and oxygen atoms in total. The normalized spacial score (nSPS) is 10.3. The molecule has 0 radical (unpaired) electrons. The molecule has 0 unspecified atom stereocenters. The second kappa shape index (κ2) is 10.6. The summed E-state index contributed by atoms with van der Waals surface area (Å²) in [5, 5.41) is 2.82. The Bertz CT molecular complexity index is 647. The number of thioether (sulfide) groups is 1. The van der Waals surface area contributed by atoms with E-state index >= 15 is 0 Å². The van der Waals surface area contributed by atoms with Crippen molar-refractivity contribution in [2.75, 3.05) is 25.5 Å². The number of halogens is 1. The highest BCUT2D eigenvalue weighted by Gasteiger charge is 2.03. The lowest BCUT2D eigenvalue weighted by Crippen LogP contribution is -2.29. The molecule has 0 aromatic heterocycles. The largest absolute Gasteiger partial charge is 0.494 e. The van der Waals surface area contributed by atoms with E-state index in [2.05, 4.69) is 5.32 Å². The average molecular weight is 363 g/mol. The number of carbonyl (C=O) groups excluding carboxylic acids is 1. The maximum Gasteiger partial charge on any atom is 0.257 e. The molecule has 25 heavy (non-hydrogen) atoms. The predicted octanol–water partition coefficient (Wildman–Crippen LogP) is 3.90. The third kappa shape index (κ3) is 7.47. The molecule has 0 spiro atoms. The molecular weight excluding hydrogens is 341 g/mol. The Hall–Kier alpha value is -2.21. The van der Waals surface area contributed by atoms with Gasteiger partial charge < -0.3 is 14.8 Å². The van der Waals surface area contributed by atoms with Crippen LogP contribution < -0.4 is 14.8 Å². The number of rotatable bonds is 10. The summed E-state index contributed by atoms with van der Waals surface area (Å²) in [6, 6.07) is 13.6. The van der Waals surface area contributed by atoms with Gasteiger partial charge in [-0.25, -0.2) is 4.39 Å². The van der Waals surface area contributed by atoms with Gasteiger partial charge in [0.1, 0.15) is 17.3 Å². The van der Waals surface area contributed by atoms with Crippen LogP contribution in [0.2, 0.25) is 0 Å². The number of hydrogen-bond acceptors (Lipinski definition) is 4. The molecule has 0 saturated heterocycles. The number of nitrogens with one attached hydrogen (secondary N) is 1. The van der Waals surface area contributed by atoms with Crippen LogP contribution in [-0.2, 0) is 4.79 Å². The summed E-state index contributed by atoms with van der Waals surface area (Å²) in [6.07, 6.45) is 0.830. The van der Waals surface area contributed by atoms with E-state index in [0.717, 1.165) is 22.8 Å². The number of amides is 1. The average Bonchev–Trinajstić information content (AvgIpc) is 2.63. The summed E-state index contributed by atoms with van der Waals surface area (Å²) < 4.78 is 23.6. The minimum Gasteiger partial charge on any atom is -0.494 e. The van der Waals surface area contributed by atoms with Crippen molar-refractivity contribution < 1.29 is 18.7 Å². The van der Waals surface area contributed by atoms with E-state index in [1.807, 2.05) is 19.1 Å². The van der Waals surface area contributed by atoms with Crippen molar-refractivity contribution in [3.8, 4) is 11.5 Å². The summed E-state index contributed by atoms with van der Waals surface area (Å²) >= 11 is 1.64. The molecule has 0 fully saturated rings. The fraction of sp³-hybridized carbons (Fsp3) is 0.316. The Labute approximate surface area is 151 Å². The first-order valence-corrected chi connectivity index (χ1v) is 9.16. The van der Waals surface area contributed by atoms with Crippen LogP contribution in [0.3, 0.4) is 0 Å². The molecule has 0 heterocycles. The summed E-state index contributed by atoms with van der Waals surface area (Å²) in [5.74, 6) is 1.87. The third-order valence-electron chi connectivity index (χ3n) is 3.23. The van der Waals surface area contributed by atoms with Crippen molar-refractivity contribution >= 4 is 17.7 Å². The third-order valence-corrected chi connectivity index (χ3v) is 4.33. The zero-order valence-electron chi connectivity index (χ0n) is 14.2. The van der Waals surface area contributed by atoms with Crippen LogP contribution in [0.25, 0.3) is 0 Å². The quantitative estimate of drug-likeness (QED) is 0.514. The van der Waals surface area contributed by atoms with Gasteiger partial charge in [0.15, 0.2) is 6.61 Å². The molecule has 0 bridgehead atoms. The molecule has 2 rings (SSSR count). The smallest absolute Gasteiger partial charge is 0.257 e. The van der Waals surface area contributed by atoms with Gasteiger partial charge in [0, 0.05) is 11.4 Å². The predicted molar refractivity (Wildman–Crippen MR) is 97.9 cm³/mol. The second-order valence-electron chi connectivity index (χ2n) is 5.20. The van der Waals surface area contributed by atoms with Gasteiger partial charge in [0.05, 0.1) is 6.61 Å². The Morgan fingerprint density at radius 2 is 1.68 bits per heavy atom. The highest BCUT2D eigenvalue weighted by atomic mass is 32.2. The van der Waals surface area contributed by atoms with E-state index in [0.29, 0.717) is 18.9 Å². The maximum absolute atomic E-state index is 12.8. The van der Waals surface area contributed by atoms with Crippen molar-refractivity contribution in [3.63, 3.8) is 0 Å². The Morgan fingerprint density at radius 1 is 1.04 bits per heavy atom. The molecule has 6 heteroatoms. The van der Waals surface area contributed by atoms with Crippen molar-refractivity contribution in [2.24, 2.45) is 0 Å². The summed E-state index contributed by atoms with van der Waals surface area (Å²) in [6.45, 7) is 3.10. The molecule has 0 aliphatic carbocycles. The first kappa shape index (κ1) is 19.1. The molecule has 0 aliphatic rings. The van der Waals surface area contributed by atoms with Gasteiger partial charge in [-0.05, 0) is 67.6 Å². The van der Waals surface area contributed by atoms with Gasteiger partial charge in [0.25, 0.3) is 5.91 Å². The van der Waals surface area contributed by atoms with E-state index < -0.39 is 0 Å². The monoisotopic (exact) mass is 363 g/mol. The molecule has 0 saturated carbocycles. The zero-order valence-corrected chi connectivity index (χ0v) is 15.0. The highest BCUT2D eigenvalue weighted by Crippen LogP contribution is 2.19. The topological polar surface area (TPSA) is 47.6 Å². The Balaban J connectivity index is 1.56. The molecule has 1 N–H and O–H groups in total. The van der Waals surface area contributed by atoms with Crippen LogP contribution in [0.1, 0.15) is 13.3 Å². The molecule has 1 amide bonds. The van der Waals surface area contributed by atoms with Crippen molar-refractivity contribution in [1.29, 1.82) is 0 Å². The van der Waals surface area contributed by atoms with Crippen LogP contribution in [0.4, 0.5) is 4.39 Å². The van der Waals surface area contributed by atoms with Crippen molar-refractivity contribution in [1.82, 2.24) is 5.32 Å². The lowest BCUT2D eigenvalue weighted by Gasteiger charge is -2.08.